The summed E-state index contributed by atoms with van der Waals surface area (Å²) < 4.78 is 147. The van der Waals surface area contributed by atoms with Crippen molar-refractivity contribution in [3.05, 3.63) is 130 Å². The van der Waals surface area contributed by atoms with Crippen molar-refractivity contribution in [2.24, 2.45) is 0 Å². The quantitative estimate of drug-likeness (QED) is 0.150. The molecule has 1 aliphatic carbocycles. The van der Waals surface area contributed by atoms with Crippen LogP contribution in [0.25, 0.3) is 11.1 Å². The molecule has 0 spiro atoms. The molecule has 3 aromatic rings. The first-order valence-electron chi connectivity index (χ1n) is 12.1. The summed E-state index contributed by atoms with van der Waals surface area (Å²) in [6.45, 7) is 3.58. The van der Waals surface area contributed by atoms with Crippen LogP contribution in [0.2, 0.25) is 0 Å². The van der Waals surface area contributed by atoms with Gasteiger partial charge in [0, 0.05) is 11.6 Å². The average Bonchev–Trinajstić information content (AvgIpc) is 2.88. The standard InChI is InChI=1S/C31H18F10O/c1-2-3-4-16-5-7-18(21(32)9-16)8-6-17-10-22(33)28(23(34)11-17)19-12-24(35)29(25(36)13-19)31(40,41)42-20-14-26(37)30(39)27(38)15-20/h2,5,7,9-15,26,30H,1,3-4H2. The molecule has 2 atom stereocenters. The van der Waals surface area contributed by atoms with E-state index in [1.54, 1.807) is 12.1 Å². The molecule has 0 radical (unpaired) electrons. The van der Waals surface area contributed by atoms with E-state index in [0.29, 0.717) is 30.5 Å². The molecule has 0 aliphatic heterocycles. The van der Waals surface area contributed by atoms with Gasteiger partial charge >= 0.3 is 6.11 Å². The summed E-state index contributed by atoms with van der Waals surface area (Å²) >= 11 is 0. The molecule has 0 N–H and O–H groups in total. The lowest BCUT2D eigenvalue weighted by Crippen LogP contribution is -2.25. The van der Waals surface area contributed by atoms with E-state index in [9.17, 15) is 43.9 Å². The number of alkyl halides is 4. The van der Waals surface area contributed by atoms with E-state index in [4.69, 9.17) is 0 Å². The smallest absolute Gasteiger partial charge is 0.429 e. The Labute approximate surface area is 233 Å². The van der Waals surface area contributed by atoms with Gasteiger partial charge in [0.05, 0.1) is 11.1 Å². The fourth-order valence-corrected chi connectivity index (χ4v) is 4.06. The molecule has 0 bridgehead atoms. The molecule has 0 saturated carbocycles. The van der Waals surface area contributed by atoms with Gasteiger partial charge in [-0.2, -0.15) is 8.78 Å². The van der Waals surface area contributed by atoms with Crippen LogP contribution in [0.3, 0.4) is 0 Å². The zero-order chi connectivity index (χ0) is 30.8. The van der Waals surface area contributed by atoms with Gasteiger partial charge in [0.25, 0.3) is 0 Å². The zero-order valence-corrected chi connectivity index (χ0v) is 21.2. The third kappa shape index (κ3) is 6.54. The fraction of sp³-hybridized carbons (Fsp3) is 0.161. The summed E-state index contributed by atoms with van der Waals surface area (Å²) in [6, 6.07) is 6.08. The van der Waals surface area contributed by atoms with E-state index in [0.717, 1.165) is 0 Å². The second-order valence-corrected chi connectivity index (χ2v) is 9.08. The second-order valence-electron chi connectivity index (χ2n) is 9.08. The SMILES string of the molecule is C=CCCc1ccc(C#Cc2cc(F)c(-c3cc(F)c(C(F)(F)OC4=CC(F)C(F)C(F)=C4)c(F)c3)c(F)c2)c(F)c1. The van der Waals surface area contributed by atoms with Crippen LogP contribution in [0, 0.1) is 40.9 Å². The van der Waals surface area contributed by atoms with Gasteiger partial charge in [0.1, 0.15) is 46.2 Å². The normalized spacial score (nSPS) is 16.7. The lowest BCUT2D eigenvalue weighted by atomic mass is 9.99. The molecule has 1 nitrogen and oxygen atoms in total. The van der Waals surface area contributed by atoms with Crippen LogP contribution in [-0.2, 0) is 17.3 Å². The Morgan fingerprint density at radius 1 is 0.833 bits per heavy atom. The van der Waals surface area contributed by atoms with E-state index in [1.165, 1.54) is 12.1 Å². The molecular weight excluding hydrogens is 578 g/mol. The number of hydrogen-bond acceptors (Lipinski definition) is 1. The molecule has 11 heteroatoms. The highest BCUT2D eigenvalue weighted by molar-refractivity contribution is 5.67. The molecule has 218 valence electrons. The van der Waals surface area contributed by atoms with Crippen molar-refractivity contribution in [1.82, 2.24) is 0 Å². The zero-order valence-electron chi connectivity index (χ0n) is 21.2. The maximum absolute atomic E-state index is 14.9. The summed E-state index contributed by atoms with van der Waals surface area (Å²) in [5, 5.41) is 0. The van der Waals surface area contributed by atoms with E-state index in [1.807, 2.05) is 0 Å². The average molecular weight is 596 g/mol. The fourth-order valence-electron chi connectivity index (χ4n) is 4.06. The Kier molecular flexibility index (Phi) is 8.85. The van der Waals surface area contributed by atoms with E-state index in [-0.39, 0.29) is 35.4 Å². The van der Waals surface area contributed by atoms with Gasteiger partial charge in [-0.1, -0.05) is 24.0 Å². The minimum Gasteiger partial charge on any atom is -0.429 e. The molecule has 0 fully saturated rings. The number of aryl methyl sites for hydroxylation is 1. The third-order valence-corrected chi connectivity index (χ3v) is 6.07. The monoisotopic (exact) mass is 596 g/mol. The van der Waals surface area contributed by atoms with Crippen LogP contribution in [0.4, 0.5) is 43.9 Å². The molecular formula is C31H18F10O. The molecule has 2 unspecified atom stereocenters. The number of benzene rings is 3. The number of rotatable bonds is 7. The highest BCUT2D eigenvalue weighted by atomic mass is 19.3. The number of ether oxygens (including phenoxy) is 1. The van der Waals surface area contributed by atoms with Crippen molar-refractivity contribution < 1.29 is 48.6 Å². The first-order chi connectivity index (χ1) is 19.8. The molecule has 1 aliphatic rings. The van der Waals surface area contributed by atoms with Gasteiger partial charge < -0.3 is 4.74 Å². The Morgan fingerprint density at radius 3 is 2.05 bits per heavy atom. The molecule has 0 heterocycles. The van der Waals surface area contributed by atoms with Gasteiger partial charge in [-0.05, 0) is 66.4 Å². The van der Waals surface area contributed by atoms with Crippen molar-refractivity contribution in [3.63, 3.8) is 0 Å². The van der Waals surface area contributed by atoms with Gasteiger partial charge in [-0.15, -0.1) is 6.58 Å². The first-order valence-corrected chi connectivity index (χ1v) is 12.1. The van der Waals surface area contributed by atoms with Crippen molar-refractivity contribution in [2.75, 3.05) is 0 Å². The van der Waals surface area contributed by atoms with Crippen LogP contribution in [0.15, 0.2) is 78.9 Å². The lowest BCUT2D eigenvalue weighted by Gasteiger charge is -2.23. The second kappa shape index (κ2) is 12.2. The van der Waals surface area contributed by atoms with Crippen molar-refractivity contribution in [2.45, 2.75) is 31.3 Å². The predicted octanol–water partition coefficient (Wildman–Crippen LogP) is 9.06. The van der Waals surface area contributed by atoms with Crippen LogP contribution in [0.5, 0.6) is 0 Å². The minimum atomic E-state index is -4.87. The Hall–Kier alpha value is -4.46. The Morgan fingerprint density at radius 2 is 1.48 bits per heavy atom. The third-order valence-electron chi connectivity index (χ3n) is 6.07. The molecule has 0 aromatic heterocycles. The Bertz CT molecular complexity index is 1620. The van der Waals surface area contributed by atoms with Gasteiger partial charge in [0.2, 0.25) is 0 Å². The van der Waals surface area contributed by atoms with E-state index in [2.05, 4.69) is 23.2 Å². The maximum atomic E-state index is 14.9. The lowest BCUT2D eigenvalue weighted by molar-refractivity contribution is -0.225. The maximum Gasteiger partial charge on any atom is 0.432 e. The topological polar surface area (TPSA) is 9.23 Å². The van der Waals surface area contributed by atoms with Crippen LogP contribution in [-0.4, -0.2) is 12.3 Å². The molecule has 42 heavy (non-hydrogen) atoms. The molecule has 4 rings (SSSR count). The summed E-state index contributed by atoms with van der Waals surface area (Å²) in [5.74, 6) is -5.60. The minimum absolute atomic E-state index is 0.0566. The summed E-state index contributed by atoms with van der Waals surface area (Å²) in [7, 11) is 0. The highest BCUT2D eigenvalue weighted by Gasteiger charge is 2.43. The Balaban J connectivity index is 1.61. The molecule has 3 aromatic carbocycles. The van der Waals surface area contributed by atoms with Gasteiger partial charge in [-0.3, -0.25) is 0 Å². The van der Waals surface area contributed by atoms with E-state index < -0.39 is 75.8 Å². The number of allylic oxidation sites excluding steroid dienone is 4. The summed E-state index contributed by atoms with van der Waals surface area (Å²) in [4.78, 5) is 0. The van der Waals surface area contributed by atoms with Crippen molar-refractivity contribution in [3.8, 4) is 23.0 Å². The van der Waals surface area contributed by atoms with Crippen molar-refractivity contribution in [1.29, 1.82) is 0 Å². The number of hydrogen-bond donors (Lipinski definition) is 0. The molecule has 0 amide bonds. The summed E-state index contributed by atoms with van der Waals surface area (Å²) in [6.07, 6.45) is -7.24. The number of halogens is 10. The molecule has 0 saturated heterocycles. The first kappa shape index (κ1) is 30.5. The summed E-state index contributed by atoms with van der Waals surface area (Å²) in [5.41, 5.74) is -3.45. The van der Waals surface area contributed by atoms with Crippen LogP contribution in [0.1, 0.15) is 28.7 Å². The van der Waals surface area contributed by atoms with Gasteiger partial charge in [-0.25, -0.2) is 35.1 Å². The van der Waals surface area contributed by atoms with Gasteiger partial charge in [0.15, 0.2) is 12.3 Å². The predicted molar refractivity (Wildman–Crippen MR) is 135 cm³/mol. The largest absolute Gasteiger partial charge is 0.432 e. The highest BCUT2D eigenvalue weighted by Crippen LogP contribution is 2.40. The van der Waals surface area contributed by atoms with Crippen LogP contribution < -0.4 is 0 Å². The van der Waals surface area contributed by atoms with Crippen LogP contribution >= 0.6 is 0 Å². The van der Waals surface area contributed by atoms with E-state index >= 15 is 0 Å². The van der Waals surface area contributed by atoms with Crippen molar-refractivity contribution >= 4 is 0 Å².